The molecule has 2 amide bonds. The molecule has 2 rings (SSSR count). The molecule has 0 spiro atoms. The Hall–Kier alpha value is -1.59. The van der Waals surface area contributed by atoms with Crippen molar-refractivity contribution in [3.63, 3.8) is 0 Å². The Balaban J connectivity index is 2.04. The number of likely N-dealkylation sites (tertiary alicyclic amines) is 1. The van der Waals surface area contributed by atoms with Crippen LogP contribution in [0.25, 0.3) is 0 Å². The molecular formula is C15H19ClN2O3. The maximum Gasteiger partial charge on any atom is 0.227 e. The summed E-state index contributed by atoms with van der Waals surface area (Å²) in [4.78, 5) is 25.5. The van der Waals surface area contributed by atoms with Gasteiger partial charge in [0.05, 0.1) is 18.9 Å². The molecule has 0 bridgehead atoms. The molecule has 1 aliphatic rings. The molecule has 21 heavy (non-hydrogen) atoms. The number of hydrogen-bond donors (Lipinski definition) is 1. The standard InChI is InChI=1S/C15H19ClN2O3/c1-21-9-11-7-18(8-12(11)15(17)20)14(19)6-10-4-2-3-5-13(10)16/h2-5,11-12H,6-9H2,1H3,(H2,17,20)/t11-,12+/m0/s1. The zero-order valence-electron chi connectivity index (χ0n) is 11.9. The molecule has 5 nitrogen and oxygen atoms in total. The van der Waals surface area contributed by atoms with E-state index < -0.39 is 0 Å². The molecule has 114 valence electrons. The molecule has 0 radical (unpaired) electrons. The Labute approximate surface area is 129 Å². The first-order valence-corrected chi connectivity index (χ1v) is 7.20. The Bertz CT molecular complexity index is 535. The predicted molar refractivity (Wildman–Crippen MR) is 79.8 cm³/mol. The summed E-state index contributed by atoms with van der Waals surface area (Å²) in [7, 11) is 1.58. The fraction of sp³-hybridized carbons (Fsp3) is 0.467. The van der Waals surface area contributed by atoms with Gasteiger partial charge >= 0.3 is 0 Å². The molecular weight excluding hydrogens is 292 g/mol. The van der Waals surface area contributed by atoms with Gasteiger partial charge in [0.15, 0.2) is 0 Å². The van der Waals surface area contributed by atoms with E-state index in [-0.39, 0.29) is 30.1 Å². The SMILES string of the molecule is COC[C@@H]1CN(C(=O)Cc2ccccc2Cl)C[C@H]1C(N)=O. The number of ether oxygens (including phenoxy) is 1. The zero-order chi connectivity index (χ0) is 15.4. The Kier molecular flexibility index (Phi) is 5.20. The van der Waals surface area contributed by atoms with Crippen molar-refractivity contribution in [2.24, 2.45) is 17.6 Å². The lowest BCUT2D eigenvalue weighted by molar-refractivity contribution is -0.129. The molecule has 1 fully saturated rings. The maximum atomic E-state index is 12.4. The second-order valence-electron chi connectivity index (χ2n) is 5.29. The van der Waals surface area contributed by atoms with E-state index in [2.05, 4.69) is 0 Å². The largest absolute Gasteiger partial charge is 0.384 e. The highest BCUT2D eigenvalue weighted by Crippen LogP contribution is 2.25. The fourth-order valence-corrected chi connectivity index (χ4v) is 2.90. The van der Waals surface area contributed by atoms with Crippen LogP contribution < -0.4 is 5.73 Å². The highest BCUT2D eigenvalue weighted by Gasteiger charge is 2.38. The van der Waals surface area contributed by atoms with Gasteiger partial charge < -0.3 is 15.4 Å². The molecule has 0 aliphatic carbocycles. The van der Waals surface area contributed by atoms with E-state index in [0.717, 1.165) is 5.56 Å². The zero-order valence-corrected chi connectivity index (χ0v) is 12.7. The molecule has 6 heteroatoms. The molecule has 1 saturated heterocycles. The summed E-state index contributed by atoms with van der Waals surface area (Å²) in [6.07, 6.45) is 0.227. The summed E-state index contributed by atoms with van der Waals surface area (Å²) in [6, 6.07) is 7.25. The van der Waals surface area contributed by atoms with E-state index in [0.29, 0.717) is 24.7 Å². The quantitative estimate of drug-likeness (QED) is 0.885. The van der Waals surface area contributed by atoms with Crippen LogP contribution in [0, 0.1) is 11.8 Å². The van der Waals surface area contributed by atoms with E-state index in [4.69, 9.17) is 22.1 Å². The Morgan fingerprint density at radius 1 is 1.38 bits per heavy atom. The van der Waals surface area contributed by atoms with Gasteiger partial charge in [0.25, 0.3) is 0 Å². The summed E-state index contributed by atoms with van der Waals surface area (Å²) >= 11 is 6.07. The Morgan fingerprint density at radius 2 is 2.10 bits per heavy atom. The van der Waals surface area contributed by atoms with E-state index >= 15 is 0 Å². The summed E-state index contributed by atoms with van der Waals surface area (Å²) in [5.41, 5.74) is 6.19. The topological polar surface area (TPSA) is 72.6 Å². The number of carbonyl (C=O) groups is 2. The van der Waals surface area contributed by atoms with Crippen molar-refractivity contribution in [1.82, 2.24) is 4.90 Å². The van der Waals surface area contributed by atoms with Gasteiger partial charge in [-0.1, -0.05) is 29.8 Å². The van der Waals surface area contributed by atoms with Gasteiger partial charge in [-0.3, -0.25) is 9.59 Å². The summed E-state index contributed by atoms with van der Waals surface area (Å²) in [5.74, 6) is -0.819. The molecule has 1 aromatic carbocycles. The molecule has 0 aromatic heterocycles. The summed E-state index contributed by atoms with van der Waals surface area (Å²) in [5, 5.41) is 0.574. The van der Waals surface area contributed by atoms with Crippen LogP contribution in [-0.2, 0) is 20.7 Å². The number of methoxy groups -OCH3 is 1. The highest BCUT2D eigenvalue weighted by molar-refractivity contribution is 6.31. The van der Waals surface area contributed by atoms with Crippen molar-refractivity contribution in [2.75, 3.05) is 26.8 Å². The predicted octanol–water partition coefficient (Wildman–Crippen LogP) is 1.09. The first kappa shape index (κ1) is 15.8. The van der Waals surface area contributed by atoms with Gasteiger partial charge in [-0.25, -0.2) is 0 Å². The van der Waals surface area contributed by atoms with Crippen LogP contribution in [0.3, 0.4) is 0 Å². The summed E-state index contributed by atoms with van der Waals surface area (Å²) < 4.78 is 5.10. The van der Waals surface area contributed by atoms with E-state index in [1.54, 1.807) is 18.1 Å². The van der Waals surface area contributed by atoms with Crippen LogP contribution in [0.4, 0.5) is 0 Å². The van der Waals surface area contributed by atoms with Crippen molar-refractivity contribution in [3.05, 3.63) is 34.9 Å². The molecule has 1 aliphatic heterocycles. The number of carbonyl (C=O) groups excluding carboxylic acids is 2. The molecule has 0 saturated carbocycles. The van der Waals surface area contributed by atoms with Crippen LogP contribution in [0.1, 0.15) is 5.56 Å². The number of nitrogens with zero attached hydrogens (tertiary/aromatic N) is 1. The first-order chi connectivity index (χ1) is 10.0. The van der Waals surface area contributed by atoms with Crippen molar-refractivity contribution in [3.8, 4) is 0 Å². The normalized spacial score (nSPS) is 21.5. The van der Waals surface area contributed by atoms with Crippen molar-refractivity contribution in [2.45, 2.75) is 6.42 Å². The molecule has 2 N–H and O–H groups in total. The van der Waals surface area contributed by atoms with Gasteiger partial charge in [0.2, 0.25) is 11.8 Å². The third-order valence-electron chi connectivity index (χ3n) is 3.84. The van der Waals surface area contributed by atoms with E-state index in [1.165, 1.54) is 0 Å². The lowest BCUT2D eigenvalue weighted by Gasteiger charge is -2.16. The number of hydrogen-bond acceptors (Lipinski definition) is 3. The van der Waals surface area contributed by atoms with Crippen LogP contribution >= 0.6 is 11.6 Å². The first-order valence-electron chi connectivity index (χ1n) is 6.82. The van der Waals surface area contributed by atoms with Gasteiger partial charge in [-0.15, -0.1) is 0 Å². The van der Waals surface area contributed by atoms with E-state index in [1.807, 2.05) is 18.2 Å². The lowest BCUT2D eigenvalue weighted by atomic mass is 9.96. The number of nitrogens with two attached hydrogens (primary N) is 1. The second-order valence-corrected chi connectivity index (χ2v) is 5.70. The van der Waals surface area contributed by atoms with Gasteiger partial charge in [0.1, 0.15) is 0 Å². The Morgan fingerprint density at radius 3 is 2.71 bits per heavy atom. The number of rotatable bonds is 5. The number of amides is 2. The van der Waals surface area contributed by atoms with Crippen LogP contribution in [0.5, 0.6) is 0 Å². The summed E-state index contributed by atoms with van der Waals surface area (Å²) in [6.45, 7) is 1.26. The minimum Gasteiger partial charge on any atom is -0.384 e. The number of primary amides is 1. The minimum atomic E-state index is -0.384. The molecule has 2 atom stereocenters. The van der Waals surface area contributed by atoms with Crippen molar-refractivity contribution >= 4 is 23.4 Å². The van der Waals surface area contributed by atoms with Crippen LogP contribution in [0.15, 0.2) is 24.3 Å². The third kappa shape index (κ3) is 3.74. The average Bonchev–Trinajstić information content (AvgIpc) is 2.86. The smallest absolute Gasteiger partial charge is 0.227 e. The van der Waals surface area contributed by atoms with E-state index in [9.17, 15) is 9.59 Å². The molecule has 1 heterocycles. The van der Waals surface area contributed by atoms with Crippen LogP contribution in [-0.4, -0.2) is 43.5 Å². The monoisotopic (exact) mass is 310 g/mol. The fourth-order valence-electron chi connectivity index (χ4n) is 2.70. The highest BCUT2D eigenvalue weighted by atomic mass is 35.5. The number of halogens is 1. The average molecular weight is 311 g/mol. The minimum absolute atomic E-state index is 0.0392. The number of benzene rings is 1. The van der Waals surface area contributed by atoms with Gasteiger partial charge in [-0.05, 0) is 11.6 Å². The van der Waals surface area contributed by atoms with Gasteiger partial charge in [0, 0.05) is 31.1 Å². The van der Waals surface area contributed by atoms with Crippen molar-refractivity contribution in [1.29, 1.82) is 0 Å². The molecule has 1 aromatic rings. The maximum absolute atomic E-state index is 12.4. The molecule has 0 unspecified atom stereocenters. The second kappa shape index (κ2) is 6.91. The van der Waals surface area contributed by atoms with Crippen LogP contribution in [0.2, 0.25) is 5.02 Å². The van der Waals surface area contributed by atoms with Crippen molar-refractivity contribution < 1.29 is 14.3 Å². The van der Waals surface area contributed by atoms with Gasteiger partial charge in [-0.2, -0.15) is 0 Å². The lowest BCUT2D eigenvalue weighted by Crippen LogP contribution is -2.33. The third-order valence-corrected chi connectivity index (χ3v) is 4.21.